The minimum Gasteiger partial charge on any atom is -0.480 e. The minimum atomic E-state index is -0.436. The van der Waals surface area contributed by atoms with Crippen LogP contribution in [0.5, 0.6) is 5.75 Å². The highest BCUT2D eigenvalue weighted by molar-refractivity contribution is 5.97. The lowest BCUT2D eigenvalue weighted by Gasteiger charge is -2.35. The molecule has 3 aromatic carbocycles. The first kappa shape index (κ1) is 19.0. The summed E-state index contributed by atoms with van der Waals surface area (Å²) in [4.78, 5) is 15.4. The Kier molecular flexibility index (Phi) is 4.71. The zero-order valence-corrected chi connectivity index (χ0v) is 17.1. The van der Waals surface area contributed by atoms with Gasteiger partial charge in [0.25, 0.3) is 0 Å². The molecular formula is C26H23N3O2. The maximum absolute atomic E-state index is 13.6. The Morgan fingerprint density at radius 3 is 2.52 bits per heavy atom. The molecule has 5 nitrogen and oxygen atoms in total. The van der Waals surface area contributed by atoms with Crippen LogP contribution >= 0.6 is 0 Å². The summed E-state index contributed by atoms with van der Waals surface area (Å²) in [5.41, 5.74) is 10.2. The number of ether oxygens (including phenoxy) is 1. The molecule has 1 amide bonds. The summed E-state index contributed by atoms with van der Waals surface area (Å²) in [7, 11) is 0. The van der Waals surface area contributed by atoms with E-state index in [4.69, 9.17) is 10.5 Å². The highest BCUT2D eigenvalue weighted by Gasteiger charge is 2.31. The molecule has 0 aliphatic carbocycles. The van der Waals surface area contributed by atoms with Gasteiger partial charge >= 0.3 is 0 Å². The number of benzene rings is 3. The Balaban J connectivity index is 1.56. The molecule has 0 unspecified atom stereocenters. The molecule has 2 heterocycles. The molecule has 5 rings (SSSR count). The Bertz CT molecular complexity index is 1280. The van der Waals surface area contributed by atoms with Crippen molar-refractivity contribution in [3.63, 3.8) is 0 Å². The quantitative estimate of drug-likeness (QED) is 0.537. The van der Waals surface area contributed by atoms with Crippen LogP contribution in [0.2, 0.25) is 0 Å². The van der Waals surface area contributed by atoms with Crippen LogP contribution in [-0.2, 0) is 11.3 Å². The predicted molar refractivity (Wildman–Crippen MR) is 124 cm³/mol. The van der Waals surface area contributed by atoms with Gasteiger partial charge in [0.05, 0.1) is 12.2 Å². The molecule has 31 heavy (non-hydrogen) atoms. The smallest absolute Gasteiger partial charge is 0.247 e. The lowest BCUT2D eigenvalue weighted by molar-refractivity contribution is -0.119. The van der Waals surface area contributed by atoms with Gasteiger partial charge in [-0.25, -0.2) is 0 Å². The third-order valence-electron chi connectivity index (χ3n) is 5.66. The molecule has 1 aliphatic rings. The molecule has 0 radical (unpaired) electrons. The van der Waals surface area contributed by atoms with Crippen molar-refractivity contribution in [3.8, 4) is 17.0 Å². The van der Waals surface area contributed by atoms with Crippen molar-refractivity contribution in [1.29, 1.82) is 0 Å². The van der Waals surface area contributed by atoms with Gasteiger partial charge in [-0.15, -0.1) is 0 Å². The van der Waals surface area contributed by atoms with Gasteiger partial charge in [0.1, 0.15) is 12.3 Å². The van der Waals surface area contributed by atoms with Gasteiger partial charge in [0.15, 0.2) is 6.10 Å². The summed E-state index contributed by atoms with van der Waals surface area (Å²) < 4.78 is 8.03. The van der Waals surface area contributed by atoms with Crippen LogP contribution in [0.1, 0.15) is 0 Å². The minimum absolute atomic E-state index is 0.0273. The number of hydrogen-bond donors (Lipinski definition) is 1. The molecule has 0 spiro atoms. The van der Waals surface area contributed by atoms with Crippen LogP contribution in [-0.4, -0.2) is 23.1 Å². The summed E-state index contributed by atoms with van der Waals surface area (Å²) in [6, 6.07) is 27.9. The molecule has 5 heteroatoms. The summed E-state index contributed by atoms with van der Waals surface area (Å²) >= 11 is 0. The van der Waals surface area contributed by atoms with Crippen molar-refractivity contribution in [2.75, 3.05) is 11.4 Å². The van der Waals surface area contributed by atoms with Crippen molar-refractivity contribution >= 4 is 22.5 Å². The van der Waals surface area contributed by atoms with Crippen molar-refractivity contribution < 1.29 is 9.53 Å². The van der Waals surface area contributed by atoms with E-state index >= 15 is 0 Å². The van der Waals surface area contributed by atoms with Crippen LogP contribution in [0, 0.1) is 0 Å². The SMILES string of the molecule is C=C(N)[C@H]1CN(C(=O)Cn2c(-c3ccccc3)cc3ccccc32)c2ccccc2O1. The van der Waals surface area contributed by atoms with E-state index in [2.05, 4.69) is 35.4 Å². The molecule has 1 aromatic heterocycles. The third kappa shape index (κ3) is 3.44. The maximum atomic E-state index is 13.6. The van der Waals surface area contributed by atoms with Crippen molar-refractivity contribution in [1.82, 2.24) is 4.57 Å². The molecule has 1 aliphatic heterocycles. The van der Waals surface area contributed by atoms with Gasteiger partial charge in [-0.2, -0.15) is 0 Å². The lowest BCUT2D eigenvalue weighted by atomic mass is 10.1. The van der Waals surface area contributed by atoms with Gasteiger partial charge in [0, 0.05) is 22.3 Å². The number of nitrogens with two attached hydrogens (primary N) is 1. The molecule has 1 atom stereocenters. The summed E-state index contributed by atoms with van der Waals surface area (Å²) in [5, 5.41) is 1.10. The number of anilines is 1. The van der Waals surface area contributed by atoms with Crippen LogP contribution in [0.4, 0.5) is 5.69 Å². The number of fused-ring (bicyclic) bond motifs is 2. The van der Waals surface area contributed by atoms with E-state index in [0.29, 0.717) is 18.0 Å². The molecule has 0 saturated heterocycles. The molecule has 0 bridgehead atoms. The largest absolute Gasteiger partial charge is 0.480 e. The average Bonchev–Trinajstić information content (AvgIpc) is 3.17. The molecule has 2 N–H and O–H groups in total. The molecule has 0 fully saturated rings. The lowest BCUT2D eigenvalue weighted by Crippen LogP contribution is -2.46. The number of carbonyl (C=O) groups excluding carboxylic acids is 1. The van der Waals surface area contributed by atoms with E-state index in [-0.39, 0.29) is 12.5 Å². The number of aromatic nitrogens is 1. The first-order valence-corrected chi connectivity index (χ1v) is 10.3. The van der Waals surface area contributed by atoms with Crippen molar-refractivity contribution in [2.24, 2.45) is 5.73 Å². The van der Waals surface area contributed by atoms with Gasteiger partial charge in [-0.1, -0.05) is 67.2 Å². The van der Waals surface area contributed by atoms with Gasteiger partial charge < -0.3 is 19.9 Å². The highest BCUT2D eigenvalue weighted by Crippen LogP contribution is 2.35. The number of para-hydroxylation sites is 3. The fourth-order valence-corrected chi connectivity index (χ4v) is 4.11. The van der Waals surface area contributed by atoms with Crippen LogP contribution < -0.4 is 15.4 Å². The maximum Gasteiger partial charge on any atom is 0.247 e. The average molecular weight is 409 g/mol. The summed E-state index contributed by atoms with van der Waals surface area (Å²) in [6.07, 6.45) is -0.436. The van der Waals surface area contributed by atoms with Crippen LogP contribution in [0.3, 0.4) is 0 Å². The normalized spacial score (nSPS) is 15.4. The zero-order valence-electron chi connectivity index (χ0n) is 17.1. The highest BCUT2D eigenvalue weighted by atomic mass is 16.5. The molecule has 0 saturated carbocycles. The van der Waals surface area contributed by atoms with Gasteiger partial charge in [-0.3, -0.25) is 4.79 Å². The van der Waals surface area contributed by atoms with Crippen molar-refractivity contribution in [2.45, 2.75) is 12.6 Å². The number of rotatable bonds is 4. The van der Waals surface area contributed by atoms with Gasteiger partial charge in [-0.05, 0) is 29.8 Å². The number of hydrogen-bond acceptors (Lipinski definition) is 3. The van der Waals surface area contributed by atoms with Gasteiger partial charge in [0.2, 0.25) is 5.91 Å². The third-order valence-corrected chi connectivity index (χ3v) is 5.66. The van der Waals surface area contributed by atoms with Crippen LogP contribution in [0.15, 0.2) is 97.2 Å². The Hall–Kier alpha value is -3.99. The van der Waals surface area contributed by atoms with E-state index in [1.54, 1.807) is 4.90 Å². The zero-order chi connectivity index (χ0) is 21.4. The fraction of sp³-hybridized carbons (Fsp3) is 0.115. The predicted octanol–water partition coefficient (Wildman–Crippen LogP) is 4.57. The number of amides is 1. The monoisotopic (exact) mass is 409 g/mol. The van der Waals surface area contributed by atoms with Crippen LogP contribution in [0.25, 0.3) is 22.2 Å². The second-order valence-corrected chi connectivity index (χ2v) is 7.69. The Morgan fingerprint density at radius 1 is 1.00 bits per heavy atom. The molecule has 154 valence electrons. The summed E-state index contributed by atoms with van der Waals surface area (Å²) in [5.74, 6) is 0.611. The van der Waals surface area contributed by atoms with E-state index in [0.717, 1.165) is 27.8 Å². The second kappa shape index (κ2) is 7.69. The first-order valence-electron chi connectivity index (χ1n) is 10.3. The Morgan fingerprint density at radius 2 is 1.71 bits per heavy atom. The topological polar surface area (TPSA) is 60.5 Å². The Labute approximate surface area is 181 Å². The first-order chi connectivity index (χ1) is 15.1. The summed E-state index contributed by atoms with van der Waals surface area (Å²) in [6.45, 7) is 4.37. The second-order valence-electron chi connectivity index (χ2n) is 7.69. The molecule has 4 aromatic rings. The van der Waals surface area contributed by atoms with E-state index in [9.17, 15) is 4.79 Å². The van der Waals surface area contributed by atoms with E-state index < -0.39 is 6.10 Å². The number of nitrogens with zero attached hydrogens (tertiary/aromatic N) is 2. The van der Waals surface area contributed by atoms with Crippen molar-refractivity contribution in [3.05, 3.63) is 97.2 Å². The standard InChI is InChI=1S/C26H23N3O2/c1-18(27)25-16-29(22-13-7-8-14-24(22)31-25)26(30)17-28-21-12-6-5-11-20(21)15-23(28)19-9-3-2-4-10-19/h2-15,25H,1,16-17,27H2/t25-/m1/s1. The fourth-order valence-electron chi connectivity index (χ4n) is 4.11. The van der Waals surface area contributed by atoms with E-state index in [1.807, 2.05) is 60.7 Å². The number of carbonyl (C=O) groups is 1. The molecular weight excluding hydrogens is 386 g/mol. The van der Waals surface area contributed by atoms with E-state index in [1.165, 1.54) is 0 Å².